The molecule has 0 radical (unpaired) electrons. The van der Waals surface area contributed by atoms with E-state index in [-0.39, 0.29) is 30.7 Å². The second kappa shape index (κ2) is 8.27. The highest BCUT2D eigenvalue weighted by Gasteiger charge is 2.24. The Balaban J connectivity index is 0.00000121. The Bertz CT molecular complexity index is 638. The van der Waals surface area contributed by atoms with E-state index in [9.17, 15) is 4.79 Å². The van der Waals surface area contributed by atoms with Gasteiger partial charge in [-0.15, -0.1) is 24.8 Å². The van der Waals surface area contributed by atoms with Crippen LogP contribution in [0.3, 0.4) is 0 Å². The van der Waals surface area contributed by atoms with Crippen LogP contribution < -0.4 is 5.73 Å². The van der Waals surface area contributed by atoms with Crippen LogP contribution >= 0.6 is 24.8 Å². The van der Waals surface area contributed by atoms with Crippen molar-refractivity contribution in [3.8, 4) is 0 Å². The number of amides is 1. The zero-order valence-corrected chi connectivity index (χ0v) is 13.8. The van der Waals surface area contributed by atoms with Gasteiger partial charge in [-0.2, -0.15) is 0 Å². The first kappa shape index (κ1) is 18.6. The van der Waals surface area contributed by atoms with E-state index in [1.165, 1.54) is 0 Å². The molecule has 1 unspecified atom stereocenters. The third kappa shape index (κ3) is 3.85. The number of nitrogens with zero attached hydrogens (tertiary/aromatic N) is 3. The largest absolute Gasteiger partial charge is 0.337 e. The van der Waals surface area contributed by atoms with Crippen LogP contribution in [-0.2, 0) is 0 Å². The maximum absolute atomic E-state index is 12.5. The van der Waals surface area contributed by atoms with Crippen molar-refractivity contribution in [3.63, 3.8) is 0 Å². The molecule has 0 saturated carbocycles. The maximum Gasteiger partial charge on any atom is 0.274 e. The number of carbonyl (C=O) groups is 1. The lowest BCUT2D eigenvalue weighted by Crippen LogP contribution is -2.42. The first-order valence-electron chi connectivity index (χ1n) is 6.99. The molecule has 0 aliphatic carbocycles. The van der Waals surface area contributed by atoms with Crippen molar-refractivity contribution in [3.05, 3.63) is 36.2 Å². The topological polar surface area (TPSA) is 72.1 Å². The Morgan fingerprint density at radius 2 is 2.00 bits per heavy atom. The molecule has 7 heteroatoms. The lowest BCUT2D eigenvalue weighted by atomic mass is 9.98. The van der Waals surface area contributed by atoms with E-state index in [1.54, 1.807) is 6.20 Å². The second-order valence-corrected chi connectivity index (χ2v) is 5.24. The molecular weight excluding hydrogens is 323 g/mol. The monoisotopic (exact) mass is 342 g/mol. The van der Waals surface area contributed by atoms with Gasteiger partial charge in [0.25, 0.3) is 5.91 Å². The molecule has 1 amide bonds. The Labute approximate surface area is 142 Å². The molecular formula is C15H20Cl2N4O. The van der Waals surface area contributed by atoms with E-state index in [0.717, 1.165) is 37.0 Å². The summed E-state index contributed by atoms with van der Waals surface area (Å²) in [5.41, 5.74) is 7.69. The number of rotatable bonds is 2. The summed E-state index contributed by atoms with van der Waals surface area (Å²) >= 11 is 0. The van der Waals surface area contributed by atoms with E-state index in [2.05, 4.69) is 9.97 Å². The molecule has 1 aliphatic heterocycles. The summed E-state index contributed by atoms with van der Waals surface area (Å²) < 4.78 is 0. The number of piperidine rings is 1. The highest BCUT2D eigenvalue weighted by Crippen LogP contribution is 2.17. The number of aromatic nitrogens is 2. The van der Waals surface area contributed by atoms with Crippen LogP contribution in [-0.4, -0.2) is 40.4 Å². The maximum atomic E-state index is 12.5. The molecule has 3 rings (SSSR count). The van der Waals surface area contributed by atoms with Crippen LogP contribution in [0.2, 0.25) is 0 Å². The summed E-state index contributed by atoms with van der Waals surface area (Å²) in [7, 11) is 0. The van der Waals surface area contributed by atoms with Crippen molar-refractivity contribution >= 4 is 41.8 Å². The molecule has 0 spiro atoms. The van der Waals surface area contributed by atoms with E-state index < -0.39 is 0 Å². The molecule has 1 fully saturated rings. The number of nitrogens with two attached hydrogens (primary N) is 1. The molecule has 2 N–H and O–H groups in total. The zero-order valence-electron chi connectivity index (χ0n) is 12.1. The first-order chi connectivity index (χ1) is 9.78. The van der Waals surface area contributed by atoms with Crippen molar-refractivity contribution in [2.45, 2.75) is 12.8 Å². The van der Waals surface area contributed by atoms with E-state index in [4.69, 9.17) is 5.73 Å². The molecule has 1 aromatic carbocycles. The lowest BCUT2D eigenvalue weighted by Gasteiger charge is -2.31. The summed E-state index contributed by atoms with van der Waals surface area (Å²) in [6.45, 7) is 2.14. The summed E-state index contributed by atoms with van der Waals surface area (Å²) in [6.07, 6.45) is 3.68. The van der Waals surface area contributed by atoms with E-state index >= 15 is 0 Å². The minimum atomic E-state index is -0.0404. The minimum absolute atomic E-state index is 0. The van der Waals surface area contributed by atoms with Gasteiger partial charge in [-0.05, 0) is 37.4 Å². The van der Waals surface area contributed by atoms with Crippen molar-refractivity contribution in [1.29, 1.82) is 0 Å². The molecule has 22 heavy (non-hydrogen) atoms. The standard InChI is InChI=1S/C15H18N4O.2ClH/c16-8-11-4-3-7-19(10-11)15(20)14-9-17-12-5-1-2-6-13(12)18-14;;/h1-2,5-6,9,11H,3-4,7-8,10,16H2;2*1H. The van der Waals surface area contributed by atoms with Gasteiger partial charge in [0.2, 0.25) is 0 Å². The third-order valence-electron chi connectivity index (χ3n) is 3.81. The van der Waals surface area contributed by atoms with Gasteiger partial charge in [0, 0.05) is 13.1 Å². The first-order valence-corrected chi connectivity index (χ1v) is 6.99. The number of carbonyl (C=O) groups excluding carboxylic acids is 1. The van der Waals surface area contributed by atoms with Crippen molar-refractivity contribution in [1.82, 2.24) is 14.9 Å². The molecule has 1 aromatic heterocycles. The van der Waals surface area contributed by atoms with Crippen LogP contribution in [0.4, 0.5) is 0 Å². The Morgan fingerprint density at radius 3 is 2.73 bits per heavy atom. The SMILES string of the molecule is Cl.Cl.NCC1CCCN(C(=O)c2cnc3ccccc3n2)C1. The van der Waals surface area contributed by atoms with Gasteiger partial charge in [0.1, 0.15) is 5.69 Å². The third-order valence-corrected chi connectivity index (χ3v) is 3.81. The predicted octanol–water partition coefficient (Wildman–Crippen LogP) is 2.28. The molecule has 2 aromatic rings. The predicted molar refractivity (Wildman–Crippen MR) is 91.7 cm³/mol. The van der Waals surface area contributed by atoms with Gasteiger partial charge in [0.05, 0.1) is 17.2 Å². The molecule has 120 valence electrons. The summed E-state index contributed by atoms with van der Waals surface area (Å²) in [5.74, 6) is 0.363. The fourth-order valence-electron chi connectivity index (χ4n) is 2.66. The Hall–Kier alpha value is -1.43. The molecule has 1 atom stereocenters. The van der Waals surface area contributed by atoms with Crippen molar-refractivity contribution in [2.75, 3.05) is 19.6 Å². The van der Waals surface area contributed by atoms with Crippen LogP contribution in [0, 0.1) is 5.92 Å². The van der Waals surface area contributed by atoms with Crippen LogP contribution in [0.5, 0.6) is 0 Å². The van der Waals surface area contributed by atoms with Crippen LogP contribution in [0.1, 0.15) is 23.3 Å². The van der Waals surface area contributed by atoms with Crippen LogP contribution in [0.25, 0.3) is 11.0 Å². The van der Waals surface area contributed by atoms with E-state index in [1.807, 2.05) is 29.2 Å². The Kier molecular flexibility index (Phi) is 7.00. The molecule has 1 aliphatic rings. The van der Waals surface area contributed by atoms with Gasteiger partial charge in [-0.3, -0.25) is 9.78 Å². The summed E-state index contributed by atoms with van der Waals surface area (Å²) in [4.78, 5) is 23.1. The highest BCUT2D eigenvalue weighted by atomic mass is 35.5. The number of fused-ring (bicyclic) bond motifs is 1. The lowest BCUT2D eigenvalue weighted by molar-refractivity contribution is 0.0672. The fourth-order valence-corrected chi connectivity index (χ4v) is 2.66. The number of halogens is 2. The number of para-hydroxylation sites is 2. The molecule has 2 heterocycles. The smallest absolute Gasteiger partial charge is 0.274 e. The number of hydrogen-bond acceptors (Lipinski definition) is 4. The average molecular weight is 343 g/mol. The fraction of sp³-hybridized carbons (Fsp3) is 0.400. The number of benzene rings is 1. The Morgan fingerprint density at radius 1 is 1.27 bits per heavy atom. The van der Waals surface area contributed by atoms with Gasteiger partial charge >= 0.3 is 0 Å². The van der Waals surface area contributed by atoms with Gasteiger partial charge in [0.15, 0.2) is 0 Å². The second-order valence-electron chi connectivity index (χ2n) is 5.24. The van der Waals surface area contributed by atoms with Crippen molar-refractivity contribution in [2.24, 2.45) is 11.7 Å². The van der Waals surface area contributed by atoms with Crippen molar-refractivity contribution < 1.29 is 4.79 Å². The molecule has 1 saturated heterocycles. The minimum Gasteiger partial charge on any atom is -0.337 e. The highest BCUT2D eigenvalue weighted by molar-refractivity contribution is 5.93. The van der Waals surface area contributed by atoms with Gasteiger partial charge in [-0.25, -0.2) is 4.98 Å². The molecule has 0 bridgehead atoms. The normalized spacial score (nSPS) is 17.5. The zero-order chi connectivity index (χ0) is 13.9. The average Bonchev–Trinajstić information content (AvgIpc) is 2.53. The summed E-state index contributed by atoms with van der Waals surface area (Å²) in [6, 6.07) is 7.57. The van der Waals surface area contributed by atoms with Gasteiger partial charge in [-0.1, -0.05) is 12.1 Å². The quantitative estimate of drug-likeness (QED) is 0.908. The van der Waals surface area contributed by atoms with Gasteiger partial charge < -0.3 is 10.6 Å². The number of hydrogen-bond donors (Lipinski definition) is 1. The number of likely N-dealkylation sites (tertiary alicyclic amines) is 1. The van der Waals surface area contributed by atoms with Crippen LogP contribution in [0.15, 0.2) is 30.5 Å². The summed E-state index contributed by atoms with van der Waals surface area (Å²) in [5, 5.41) is 0. The molecule has 5 nitrogen and oxygen atoms in total. The van der Waals surface area contributed by atoms with E-state index in [0.29, 0.717) is 18.2 Å².